The Hall–Kier alpha value is -2.16. The van der Waals surface area contributed by atoms with Crippen molar-refractivity contribution in [1.29, 1.82) is 0 Å². The van der Waals surface area contributed by atoms with Crippen molar-refractivity contribution in [2.24, 2.45) is 0 Å². The summed E-state index contributed by atoms with van der Waals surface area (Å²) in [5.41, 5.74) is 0.883. The molecule has 0 fully saturated rings. The molecule has 0 saturated heterocycles. The van der Waals surface area contributed by atoms with Crippen LogP contribution in [0.4, 0.5) is 0 Å². The molecule has 0 spiro atoms. The Morgan fingerprint density at radius 1 is 1.07 bits per heavy atom. The molecule has 3 nitrogen and oxygen atoms in total. The first-order valence-corrected chi connectivity index (χ1v) is 4.44. The van der Waals surface area contributed by atoms with Crippen LogP contribution in [0.15, 0.2) is 52.1 Å². The number of carbonyl (C=O) groups is 1. The van der Waals surface area contributed by atoms with Crippen molar-refractivity contribution < 1.29 is 9.21 Å². The fourth-order valence-corrected chi connectivity index (χ4v) is 1.34. The van der Waals surface area contributed by atoms with Crippen LogP contribution < -0.4 is 5.43 Å². The minimum Gasteiger partial charge on any atom is -0.471 e. The Kier molecular flexibility index (Phi) is 2.46. The molecule has 0 aliphatic heterocycles. The van der Waals surface area contributed by atoms with Crippen LogP contribution in [0.25, 0.3) is 11.1 Å². The zero-order valence-electron chi connectivity index (χ0n) is 7.84. The fourth-order valence-electron chi connectivity index (χ4n) is 1.34. The highest BCUT2D eigenvalue weighted by Crippen LogP contribution is 2.14. The van der Waals surface area contributed by atoms with Crippen LogP contribution in [-0.4, -0.2) is 6.29 Å². The molecule has 1 heterocycles. The smallest absolute Gasteiger partial charge is 0.203 e. The number of carbonyl (C=O) groups excluding carboxylic acids is 1. The highest BCUT2D eigenvalue weighted by atomic mass is 16.3. The molecule has 1 aromatic carbocycles. The van der Waals surface area contributed by atoms with Gasteiger partial charge in [0.2, 0.25) is 5.43 Å². The van der Waals surface area contributed by atoms with E-state index >= 15 is 0 Å². The van der Waals surface area contributed by atoms with Gasteiger partial charge in [0.25, 0.3) is 0 Å². The minimum absolute atomic E-state index is 0.0383. The highest BCUT2D eigenvalue weighted by Gasteiger charge is 2.07. The lowest BCUT2D eigenvalue weighted by atomic mass is 10.1. The van der Waals surface area contributed by atoms with Gasteiger partial charge in [-0.3, -0.25) is 9.59 Å². The van der Waals surface area contributed by atoms with Gasteiger partial charge in [-0.15, -0.1) is 0 Å². The second-order valence-electron chi connectivity index (χ2n) is 3.05. The maximum absolute atomic E-state index is 11.7. The molecule has 0 radical (unpaired) electrons. The predicted octanol–water partition coefficient (Wildman–Crippen LogP) is 2.12. The van der Waals surface area contributed by atoms with Gasteiger partial charge in [0.15, 0.2) is 6.29 Å². The van der Waals surface area contributed by atoms with Gasteiger partial charge in [-0.2, -0.15) is 0 Å². The zero-order valence-corrected chi connectivity index (χ0v) is 7.84. The van der Waals surface area contributed by atoms with Crippen molar-refractivity contribution >= 4 is 6.29 Å². The average Bonchev–Trinajstić information content (AvgIpc) is 2.30. The largest absolute Gasteiger partial charge is 0.471 e. The van der Waals surface area contributed by atoms with Crippen molar-refractivity contribution in [3.8, 4) is 11.1 Å². The maximum Gasteiger partial charge on any atom is 0.203 e. The minimum atomic E-state index is -0.303. The first kappa shape index (κ1) is 9.40. The Morgan fingerprint density at radius 3 is 2.47 bits per heavy atom. The van der Waals surface area contributed by atoms with Gasteiger partial charge in [0, 0.05) is 0 Å². The molecule has 0 saturated carbocycles. The van der Waals surface area contributed by atoms with Crippen molar-refractivity contribution in [3.63, 3.8) is 0 Å². The molecule has 74 valence electrons. The number of rotatable bonds is 2. The van der Waals surface area contributed by atoms with Gasteiger partial charge >= 0.3 is 0 Å². The molecule has 0 aliphatic carbocycles. The quantitative estimate of drug-likeness (QED) is 0.697. The normalized spacial score (nSPS) is 9.87. The summed E-state index contributed by atoms with van der Waals surface area (Å²) in [5.74, 6) is 0. The summed E-state index contributed by atoms with van der Waals surface area (Å²) in [6, 6.07) is 9.08. The third kappa shape index (κ3) is 1.72. The van der Waals surface area contributed by atoms with Crippen LogP contribution in [0.2, 0.25) is 0 Å². The maximum atomic E-state index is 11.7. The van der Waals surface area contributed by atoms with Gasteiger partial charge in [-0.25, -0.2) is 0 Å². The number of hydrogen-bond donors (Lipinski definition) is 0. The molecule has 2 rings (SSSR count). The standard InChI is InChI=1S/C12H8O3/c13-6-10-7-15-8-11(12(10)14)9-4-2-1-3-5-9/h1-8H. The summed E-state index contributed by atoms with van der Waals surface area (Å²) in [7, 11) is 0. The topological polar surface area (TPSA) is 47.3 Å². The molecular weight excluding hydrogens is 192 g/mol. The molecule has 0 amide bonds. The van der Waals surface area contributed by atoms with Crippen molar-refractivity contribution in [3.05, 3.63) is 58.6 Å². The Morgan fingerprint density at radius 2 is 1.80 bits per heavy atom. The molecule has 1 aromatic heterocycles. The van der Waals surface area contributed by atoms with Gasteiger partial charge in [0.1, 0.15) is 12.5 Å². The summed E-state index contributed by atoms with van der Waals surface area (Å²) in [6.45, 7) is 0. The predicted molar refractivity (Wildman–Crippen MR) is 55.8 cm³/mol. The second-order valence-corrected chi connectivity index (χ2v) is 3.05. The molecular formula is C12H8O3. The van der Waals surface area contributed by atoms with Crippen LogP contribution in [0.5, 0.6) is 0 Å². The van der Waals surface area contributed by atoms with E-state index in [0.717, 1.165) is 11.8 Å². The third-order valence-corrected chi connectivity index (χ3v) is 2.10. The van der Waals surface area contributed by atoms with Gasteiger partial charge in [-0.1, -0.05) is 30.3 Å². The molecule has 15 heavy (non-hydrogen) atoms. The monoisotopic (exact) mass is 200 g/mol. The van der Waals surface area contributed by atoms with Crippen LogP contribution >= 0.6 is 0 Å². The summed E-state index contributed by atoms with van der Waals surface area (Å²) < 4.78 is 4.93. The SMILES string of the molecule is O=Cc1cocc(-c2ccccc2)c1=O. The summed E-state index contributed by atoms with van der Waals surface area (Å²) in [5, 5.41) is 0. The third-order valence-electron chi connectivity index (χ3n) is 2.10. The van der Waals surface area contributed by atoms with Crippen LogP contribution in [0.3, 0.4) is 0 Å². The average molecular weight is 200 g/mol. The molecule has 0 atom stereocenters. The number of aldehydes is 1. The molecule has 0 unspecified atom stereocenters. The van der Waals surface area contributed by atoms with Crippen LogP contribution in [-0.2, 0) is 0 Å². The molecule has 0 bridgehead atoms. The van der Waals surface area contributed by atoms with E-state index in [4.69, 9.17) is 4.42 Å². The molecule has 0 aliphatic rings. The van der Waals surface area contributed by atoms with Crippen LogP contribution in [0, 0.1) is 0 Å². The summed E-state index contributed by atoms with van der Waals surface area (Å²) in [4.78, 5) is 22.3. The number of benzene rings is 1. The highest BCUT2D eigenvalue weighted by molar-refractivity contribution is 5.77. The van der Waals surface area contributed by atoms with Gasteiger partial charge in [0.05, 0.1) is 11.1 Å². The Balaban J connectivity index is 2.65. The van der Waals surface area contributed by atoms with Gasteiger partial charge < -0.3 is 4.42 Å². The lowest BCUT2D eigenvalue weighted by Gasteiger charge is -1.99. The summed E-state index contributed by atoms with van der Waals surface area (Å²) in [6.07, 6.45) is 3.00. The van der Waals surface area contributed by atoms with E-state index in [0.29, 0.717) is 11.8 Å². The van der Waals surface area contributed by atoms with Crippen molar-refractivity contribution in [2.45, 2.75) is 0 Å². The molecule has 3 heteroatoms. The van der Waals surface area contributed by atoms with E-state index in [-0.39, 0.29) is 11.0 Å². The molecule has 2 aromatic rings. The summed E-state index contributed by atoms with van der Waals surface area (Å²) >= 11 is 0. The van der Waals surface area contributed by atoms with E-state index in [1.807, 2.05) is 18.2 Å². The Bertz CT molecular complexity index is 526. The van der Waals surface area contributed by atoms with E-state index in [9.17, 15) is 9.59 Å². The lowest BCUT2D eigenvalue weighted by molar-refractivity contribution is 0.112. The van der Waals surface area contributed by atoms with Crippen LogP contribution in [0.1, 0.15) is 10.4 Å². The second kappa shape index (κ2) is 3.92. The molecule has 0 N–H and O–H groups in total. The number of hydrogen-bond acceptors (Lipinski definition) is 3. The zero-order chi connectivity index (χ0) is 10.7. The van der Waals surface area contributed by atoms with E-state index in [1.165, 1.54) is 6.26 Å². The van der Waals surface area contributed by atoms with Crippen molar-refractivity contribution in [1.82, 2.24) is 0 Å². The Labute approximate surface area is 86.0 Å². The van der Waals surface area contributed by atoms with E-state index in [1.54, 1.807) is 12.1 Å². The van der Waals surface area contributed by atoms with E-state index in [2.05, 4.69) is 0 Å². The lowest BCUT2D eigenvalue weighted by Crippen LogP contribution is -2.09. The van der Waals surface area contributed by atoms with E-state index < -0.39 is 0 Å². The first-order valence-electron chi connectivity index (χ1n) is 4.44. The fraction of sp³-hybridized carbons (Fsp3) is 0. The van der Waals surface area contributed by atoms with Gasteiger partial charge in [-0.05, 0) is 5.56 Å². The van der Waals surface area contributed by atoms with Crippen molar-refractivity contribution in [2.75, 3.05) is 0 Å². The first-order chi connectivity index (χ1) is 7.33.